The van der Waals surface area contributed by atoms with Gasteiger partial charge in [-0.1, -0.05) is 25.0 Å². The molecule has 2 nitrogen and oxygen atoms in total. The van der Waals surface area contributed by atoms with E-state index in [0.717, 1.165) is 5.69 Å². The Morgan fingerprint density at radius 1 is 1.18 bits per heavy atom. The van der Waals surface area contributed by atoms with E-state index in [1.54, 1.807) is 0 Å². The lowest BCUT2D eigenvalue weighted by atomic mass is 9.86. The van der Waals surface area contributed by atoms with Crippen LogP contribution in [0, 0.1) is 5.92 Å². The number of carbonyl (C=O) groups excluding carboxylic acids is 1. The SMILES string of the molecule is O=C1CC2CCCCC2Sc2ccccc2N1. The number of nitrogens with one attached hydrogen (secondary N) is 1. The van der Waals surface area contributed by atoms with Gasteiger partial charge < -0.3 is 5.32 Å². The van der Waals surface area contributed by atoms with Crippen molar-refractivity contribution in [2.24, 2.45) is 5.92 Å². The number of rotatable bonds is 0. The van der Waals surface area contributed by atoms with Crippen molar-refractivity contribution in [3.8, 4) is 0 Å². The summed E-state index contributed by atoms with van der Waals surface area (Å²) in [4.78, 5) is 13.2. The number of hydrogen-bond donors (Lipinski definition) is 1. The lowest BCUT2D eigenvalue weighted by molar-refractivity contribution is -0.117. The molecular weight excluding hydrogens is 230 g/mol. The zero-order valence-corrected chi connectivity index (χ0v) is 10.6. The van der Waals surface area contributed by atoms with Crippen LogP contribution in [0.5, 0.6) is 0 Å². The summed E-state index contributed by atoms with van der Waals surface area (Å²) in [6.45, 7) is 0. The minimum atomic E-state index is 0.189. The largest absolute Gasteiger partial charge is 0.325 e. The smallest absolute Gasteiger partial charge is 0.224 e. The fourth-order valence-corrected chi connectivity index (χ4v) is 4.28. The highest BCUT2D eigenvalue weighted by Gasteiger charge is 2.30. The highest BCUT2D eigenvalue weighted by molar-refractivity contribution is 8.00. The average molecular weight is 247 g/mol. The minimum Gasteiger partial charge on any atom is -0.325 e. The van der Waals surface area contributed by atoms with Crippen molar-refractivity contribution in [2.75, 3.05) is 5.32 Å². The van der Waals surface area contributed by atoms with Crippen LogP contribution < -0.4 is 5.32 Å². The summed E-state index contributed by atoms with van der Waals surface area (Å²) in [5.74, 6) is 0.761. The molecule has 0 spiro atoms. The summed E-state index contributed by atoms with van der Waals surface area (Å²) >= 11 is 1.96. The van der Waals surface area contributed by atoms with Gasteiger partial charge in [-0.2, -0.15) is 0 Å². The van der Waals surface area contributed by atoms with E-state index in [9.17, 15) is 4.79 Å². The highest BCUT2D eigenvalue weighted by atomic mass is 32.2. The van der Waals surface area contributed by atoms with Crippen LogP contribution in [0.4, 0.5) is 5.69 Å². The molecule has 1 amide bonds. The number of para-hydroxylation sites is 1. The second-order valence-electron chi connectivity index (χ2n) is 4.95. The fraction of sp³-hybridized carbons (Fsp3) is 0.500. The van der Waals surface area contributed by atoms with E-state index in [0.29, 0.717) is 17.6 Å². The maximum atomic E-state index is 11.9. The minimum absolute atomic E-state index is 0.189. The molecule has 1 aliphatic carbocycles. The van der Waals surface area contributed by atoms with Gasteiger partial charge >= 0.3 is 0 Å². The molecule has 2 aliphatic rings. The highest BCUT2D eigenvalue weighted by Crippen LogP contribution is 2.42. The van der Waals surface area contributed by atoms with Crippen molar-refractivity contribution in [3.05, 3.63) is 24.3 Å². The molecule has 0 saturated heterocycles. The number of benzene rings is 1. The molecule has 90 valence electrons. The molecule has 1 N–H and O–H groups in total. The van der Waals surface area contributed by atoms with Crippen LogP contribution in [-0.4, -0.2) is 11.2 Å². The molecule has 1 saturated carbocycles. The van der Waals surface area contributed by atoms with Gasteiger partial charge in [0.1, 0.15) is 0 Å². The van der Waals surface area contributed by atoms with Crippen molar-refractivity contribution in [3.63, 3.8) is 0 Å². The van der Waals surface area contributed by atoms with Crippen LogP contribution >= 0.6 is 11.8 Å². The second kappa shape index (κ2) is 4.73. The molecule has 2 atom stereocenters. The molecule has 0 bridgehead atoms. The van der Waals surface area contributed by atoms with Gasteiger partial charge in [0.15, 0.2) is 0 Å². The zero-order valence-electron chi connectivity index (χ0n) is 9.82. The number of hydrogen-bond acceptors (Lipinski definition) is 2. The number of amides is 1. The molecule has 1 aromatic carbocycles. The third-order valence-corrected chi connectivity index (χ3v) is 5.26. The normalized spacial score (nSPS) is 28.4. The first-order valence-corrected chi connectivity index (χ1v) is 7.26. The predicted molar refractivity (Wildman–Crippen MR) is 71.3 cm³/mol. The molecule has 2 unspecified atom stereocenters. The quantitative estimate of drug-likeness (QED) is 0.757. The molecule has 0 radical (unpaired) electrons. The Labute approximate surface area is 106 Å². The maximum Gasteiger partial charge on any atom is 0.224 e. The molecule has 3 rings (SSSR count). The van der Waals surface area contributed by atoms with E-state index < -0.39 is 0 Å². The first kappa shape index (κ1) is 11.1. The molecule has 1 heterocycles. The predicted octanol–water partition coefficient (Wildman–Crippen LogP) is 3.68. The molecular formula is C14H17NOS. The van der Waals surface area contributed by atoms with E-state index >= 15 is 0 Å². The molecule has 17 heavy (non-hydrogen) atoms. The molecule has 1 aliphatic heterocycles. The zero-order chi connectivity index (χ0) is 11.7. The van der Waals surface area contributed by atoms with Crippen LogP contribution in [0.25, 0.3) is 0 Å². The van der Waals surface area contributed by atoms with E-state index in [4.69, 9.17) is 0 Å². The van der Waals surface area contributed by atoms with Gasteiger partial charge in [-0.05, 0) is 30.9 Å². The lowest BCUT2D eigenvalue weighted by Gasteiger charge is -2.33. The topological polar surface area (TPSA) is 29.1 Å². The van der Waals surface area contributed by atoms with Crippen molar-refractivity contribution in [1.29, 1.82) is 0 Å². The third-order valence-electron chi connectivity index (χ3n) is 3.73. The lowest BCUT2D eigenvalue weighted by Crippen LogP contribution is -2.29. The van der Waals surface area contributed by atoms with Crippen LogP contribution in [-0.2, 0) is 4.79 Å². The average Bonchev–Trinajstić information content (AvgIpc) is 2.31. The maximum absolute atomic E-state index is 11.9. The summed E-state index contributed by atoms with van der Waals surface area (Å²) in [5, 5.41) is 3.67. The number of carbonyl (C=O) groups is 1. The van der Waals surface area contributed by atoms with E-state index in [2.05, 4.69) is 17.4 Å². The van der Waals surface area contributed by atoms with Gasteiger partial charge in [-0.3, -0.25) is 4.79 Å². The Bertz CT molecular complexity index is 432. The first-order chi connectivity index (χ1) is 8.33. The van der Waals surface area contributed by atoms with Crippen molar-refractivity contribution in [2.45, 2.75) is 42.2 Å². The Morgan fingerprint density at radius 3 is 2.94 bits per heavy atom. The third kappa shape index (κ3) is 2.34. The summed E-state index contributed by atoms with van der Waals surface area (Å²) < 4.78 is 0. The van der Waals surface area contributed by atoms with Gasteiger partial charge in [-0.15, -0.1) is 11.8 Å². The summed E-state index contributed by atoms with van der Waals surface area (Å²) in [6.07, 6.45) is 5.78. The van der Waals surface area contributed by atoms with E-state index in [-0.39, 0.29) is 5.91 Å². The van der Waals surface area contributed by atoms with Crippen LogP contribution in [0.2, 0.25) is 0 Å². The van der Waals surface area contributed by atoms with Gasteiger partial charge in [0.05, 0.1) is 5.69 Å². The Balaban J connectivity index is 1.92. The standard InChI is InChI=1S/C14H17NOS/c16-14-9-10-5-1-3-7-12(10)17-13-8-4-2-6-11(13)15-14/h2,4,6,8,10,12H,1,3,5,7,9H2,(H,15,16). The van der Waals surface area contributed by atoms with Gasteiger partial charge in [0.2, 0.25) is 5.91 Å². The molecule has 0 aromatic heterocycles. The second-order valence-corrected chi connectivity index (χ2v) is 6.23. The Kier molecular flexibility index (Phi) is 3.10. The summed E-state index contributed by atoms with van der Waals surface area (Å²) in [7, 11) is 0. The van der Waals surface area contributed by atoms with Crippen molar-refractivity contribution >= 4 is 23.4 Å². The van der Waals surface area contributed by atoms with Crippen LogP contribution in [0.3, 0.4) is 0 Å². The van der Waals surface area contributed by atoms with Gasteiger partial charge in [-0.25, -0.2) is 0 Å². The number of anilines is 1. The monoisotopic (exact) mass is 247 g/mol. The van der Waals surface area contributed by atoms with Crippen molar-refractivity contribution in [1.82, 2.24) is 0 Å². The molecule has 1 fully saturated rings. The first-order valence-electron chi connectivity index (χ1n) is 6.38. The molecule has 3 heteroatoms. The van der Waals surface area contributed by atoms with Crippen LogP contribution in [0.1, 0.15) is 32.1 Å². The van der Waals surface area contributed by atoms with Gasteiger partial charge in [0.25, 0.3) is 0 Å². The Hall–Kier alpha value is -0.960. The van der Waals surface area contributed by atoms with E-state index in [1.807, 2.05) is 23.9 Å². The number of thioether (sulfide) groups is 1. The van der Waals surface area contributed by atoms with Gasteiger partial charge in [0, 0.05) is 16.6 Å². The summed E-state index contributed by atoms with van der Waals surface area (Å²) in [6, 6.07) is 8.16. The Morgan fingerprint density at radius 2 is 2.00 bits per heavy atom. The fourth-order valence-electron chi connectivity index (χ4n) is 2.84. The van der Waals surface area contributed by atoms with E-state index in [1.165, 1.54) is 30.6 Å². The molecule has 1 aromatic rings. The van der Waals surface area contributed by atoms with Crippen LogP contribution in [0.15, 0.2) is 29.2 Å². The number of fused-ring (bicyclic) bond motifs is 2. The summed E-state index contributed by atoms with van der Waals surface area (Å²) in [5.41, 5.74) is 0.992. The van der Waals surface area contributed by atoms with Crippen molar-refractivity contribution < 1.29 is 4.79 Å².